The summed E-state index contributed by atoms with van der Waals surface area (Å²) in [6.45, 7) is 9.73. The topological polar surface area (TPSA) is 9.23 Å². The van der Waals surface area contributed by atoms with Crippen molar-refractivity contribution in [3.63, 3.8) is 0 Å². The van der Waals surface area contributed by atoms with Crippen LogP contribution in [0.25, 0.3) is 0 Å². The predicted octanol–water partition coefficient (Wildman–Crippen LogP) is 5.79. The molecule has 2 aromatic carbocycles. The summed E-state index contributed by atoms with van der Waals surface area (Å²) >= 11 is 0. The normalized spacial score (nSPS) is 11.5. The second kappa shape index (κ2) is 7.49. The number of hydrogen-bond donors (Lipinski definition) is 0. The van der Waals surface area contributed by atoms with Crippen molar-refractivity contribution in [3.8, 4) is 5.75 Å². The molecule has 0 amide bonds. The van der Waals surface area contributed by atoms with Crippen LogP contribution in [0.4, 0.5) is 0 Å². The molecular weight excluding hydrogens is 268 g/mol. The summed E-state index contributed by atoms with van der Waals surface area (Å²) < 4.78 is 5.86. The van der Waals surface area contributed by atoms with Gasteiger partial charge >= 0.3 is 0 Å². The number of rotatable bonds is 7. The summed E-state index contributed by atoms with van der Waals surface area (Å²) in [5.41, 5.74) is 4.35. The third-order valence-corrected chi connectivity index (χ3v) is 4.46. The van der Waals surface area contributed by atoms with Gasteiger partial charge in [0.05, 0.1) is 6.61 Å². The van der Waals surface area contributed by atoms with Crippen LogP contribution in [0.5, 0.6) is 5.75 Å². The average Bonchev–Trinajstić information content (AvgIpc) is 2.51. The molecule has 0 aromatic heterocycles. The van der Waals surface area contributed by atoms with Crippen molar-refractivity contribution in [1.82, 2.24) is 0 Å². The van der Waals surface area contributed by atoms with E-state index in [0.29, 0.717) is 5.41 Å². The van der Waals surface area contributed by atoms with E-state index in [2.05, 4.69) is 76.2 Å². The number of ether oxygens (including phenoxy) is 1. The van der Waals surface area contributed by atoms with E-state index in [4.69, 9.17) is 4.74 Å². The zero-order valence-corrected chi connectivity index (χ0v) is 14.4. The Hall–Kier alpha value is -1.76. The summed E-state index contributed by atoms with van der Waals surface area (Å²) in [7, 11) is 0. The summed E-state index contributed by atoms with van der Waals surface area (Å²) in [6.07, 6.45) is 3.25. The third-order valence-electron chi connectivity index (χ3n) is 4.46. The van der Waals surface area contributed by atoms with Gasteiger partial charge in [0.2, 0.25) is 0 Å². The molecule has 0 saturated carbocycles. The fraction of sp³-hybridized carbons (Fsp3) is 0.429. The highest BCUT2D eigenvalue weighted by atomic mass is 16.5. The molecule has 1 heteroatoms. The van der Waals surface area contributed by atoms with Crippen molar-refractivity contribution in [2.45, 2.75) is 47.0 Å². The Kier molecular flexibility index (Phi) is 5.65. The molecular formula is C21H28O. The second-order valence-corrected chi connectivity index (χ2v) is 6.92. The smallest absolute Gasteiger partial charge is 0.119 e. The van der Waals surface area contributed by atoms with E-state index in [-0.39, 0.29) is 0 Å². The Morgan fingerprint density at radius 3 is 1.95 bits per heavy atom. The lowest BCUT2D eigenvalue weighted by Gasteiger charge is -2.22. The van der Waals surface area contributed by atoms with Gasteiger partial charge in [-0.15, -0.1) is 0 Å². The van der Waals surface area contributed by atoms with Gasteiger partial charge in [-0.3, -0.25) is 0 Å². The highest BCUT2D eigenvalue weighted by Crippen LogP contribution is 2.25. The summed E-state index contributed by atoms with van der Waals surface area (Å²) in [5.74, 6) is 0.972. The Balaban J connectivity index is 1.86. The van der Waals surface area contributed by atoms with E-state index in [9.17, 15) is 0 Å². The average molecular weight is 296 g/mol. The first-order valence-corrected chi connectivity index (χ1v) is 8.26. The van der Waals surface area contributed by atoms with E-state index < -0.39 is 0 Å². The highest BCUT2D eigenvalue weighted by Gasteiger charge is 2.14. The minimum Gasteiger partial charge on any atom is -0.494 e. The van der Waals surface area contributed by atoms with Gasteiger partial charge < -0.3 is 4.74 Å². The van der Waals surface area contributed by atoms with E-state index in [1.54, 1.807) is 0 Å². The van der Waals surface area contributed by atoms with Crippen molar-refractivity contribution in [3.05, 3.63) is 65.2 Å². The molecule has 0 saturated heterocycles. The standard InChI is InChI=1S/C21H28O/c1-5-21(3,4)14-15-22-20-12-10-19(11-13-20)16-18-8-6-17(2)7-9-18/h6-13H,5,14-16H2,1-4H3. The maximum absolute atomic E-state index is 5.86. The van der Waals surface area contributed by atoms with Gasteiger partial charge in [0.25, 0.3) is 0 Å². The molecule has 0 heterocycles. The Morgan fingerprint density at radius 1 is 0.864 bits per heavy atom. The van der Waals surface area contributed by atoms with Gasteiger partial charge in [0, 0.05) is 0 Å². The van der Waals surface area contributed by atoms with Crippen LogP contribution in [0, 0.1) is 12.3 Å². The van der Waals surface area contributed by atoms with Crippen molar-refractivity contribution < 1.29 is 4.74 Å². The summed E-state index contributed by atoms with van der Waals surface area (Å²) in [6, 6.07) is 17.2. The lowest BCUT2D eigenvalue weighted by molar-refractivity contribution is 0.223. The maximum Gasteiger partial charge on any atom is 0.119 e. The number of hydrogen-bond acceptors (Lipinski definition) is 1. The first kappa shape index (κ1) is 16.6. The molecule has 0 atom stereocenters. The first-order valence-electron chi connectivity index (χ1n) is 8.26. The van der Waals surface area contributed by atoms with Crippen molar-refractivity contribution in [1.29, 1.82) is 0 Å². The van der Waals surface area contributed by atoms with Crippen LogP contribution in [0.1, 0.15) is 50.3 Å². The molecule has 2 aromatic rings. The zero-order valence-electron chi connectivity index (χ0n) is 14.4. The molecule has 1 nitrogen and oxygen atoms in total. The zero-order chi connectivity index (χ0) is 16.0. The molecule has 2 rings (SSSR count). The monoisotopic (exact) mass is 296 g/mol. The fourth-order valence-electron chi connectivity index (χ4n) is 2.27. The van der Waals surface area contributed by atoms with Crippen LogP contribution in [0.2, 0.25) is 0 Å². The van der Waals surface area contributed by atoms with Crippen LogP contribution < -0.4 is 4.74 Å². The molecule has 0 radical (unpaired) electrons. The van der Waals surface area contributed by atoms with Crippen LogP contribution in [0.3, 0.4) is 0 Å². The highest BCUT2D eigenvalue weighted by molar-refractivity contribution is 5.32. The van der Waals surface area contributed by atoms with Gasteiger partial charge in [-0.25, -0.2) is 0 Å². The fourth-order valence-corrected chi connectivity index (χ4v) is 2.27. The molecule has 0 aliphatic carbocycles. The molecule has 0 aliphatic heterocycles. The lowest BCUT2D eigenvalue weighted by atomic mass is 9.87. The molecule has 0 aliphatic rings. The van der Waals surface area contributed by atoms with E-state index >= 15 is 0 Å². The second-order valence-electron chi connectivity index (χ2n) is 6.92. The van der Waals surface area contributed by atoms with Crippen LogP contribution in [-0.2, 0) is 6.42 Å². The summed E-state index contributed by atoms with van der Waals surface area (Å²) in [4.78, 5) is 0. The molecule has 0 unspecified atom stereocenters. The quantitative estimate of drug-likeness (QED) is 0.628. The molecule has 0 spiro atoms. The summed E-state index contributed by atoms with van der Waals surface area (Å²) in [5, 5.41) is 0. The predicted molar refractivity (Wildman–Crippen MR) is 94.6 cm³/mol. The van der Waals surface area contributed by atoms with Gasteiger partial charge in [-0.2, -0.15) is 0 Å². The van der Waals surface area contributed by atoms with Crippen LogP contribution >= 0.6 is 0 Å². The van der Waals surface area contributed by atoms with Crippen molar-refractivity contribution >= 4 is 0 Å². The molecule has 0 N–H and O–H groups in total. The lowest BCUT2D eigenvalue weighted by Crippen LogP contribution is -2.14. The largest absolute Gasteiger partial charge is 0.494 e. The van der Waals surface area contributed by atoms with Gasteiger partial charge in [0.15, 0.2) is 0 Å². The SMILES string of the molecule is CCC(C)(C)CCOc1ccc(Cc2ccc(C)cc2)cc1. The minimum absolute atomic E-state index is 0.366. The maximum atomic E-state index is 5.86. The van der Waals surface area contributed by atoms with Crippen LogP contribution in [-0.4, -0.2) is 6.61 Å². The number of aryl methyl sites for hydroxylation is 1. The Bertz CT molecular complexity index is 564. The van der Waals surface area contributed by atoms with E-state index in [1.165, 1.54) is 23.1 Å². The van der Waals surface area contributed by atoms with Gasteiger partial charge in [-0.05, 0) is 48.4 Å². The number of benzene rings is 2. The van der Waals surface area contributed by atoms with E-state index in [0.717, 1.165) is 25.2 Å². The Morgan fingerprint density at radius 2 is 1.41 bits per heavy atom. The molecule has 22 heavy (non-hydrogen) atoms. The Labute approximate surface area is 135 Å². The minimum atomic E-state index is 0.366. The van der Waals surface area contributed by atoms with Crippen molar-refractivity contribution in [2.24, 2.45) is 5.41 Å². The van der Waals surface area contributed by atoms with Gasteiger partial charge in [-0.1, -0.05) is 69.2 Å². The van der Waals surface area contributed by atoms with Crippen molar-refractivity contribution in [2.75, 3.05) is 6.61 Å². The van der Waals surface area contributed by atoms with E-state index in [1.807, 2.05) is 0 Å². The molecule has 0 fully saturated rings. The third kappa shape index (κ3) is 5.22. The van der Waals surface area contributed by atoms with Crippen LogP contribution in [0.15, 0.2) is 48.5 Å². The molecule has 0 bridgehead atoms. The molecule has 118 valence electrons. The first-order chi connectivity index (χ1) is 10.5. The van der Waals surface area contributed by atoms with Gasteiger partial charge in [0.1, 0.15) is 5.75 Å².